The van der Waals surface area contributed by atoms with Crippen LogP contribution in [0.4, 0.5) is 0 Å². The number of benzene rings is 1. The van der Waals surface area contributed by atoms with E-state index in [1.54, 1.807) is 19.2 Å². The summed E-state index contributed by atoms with van der Waals surface area (Å²) in [5.74, 6) is -0.0888. The molecule has 1 aromatic carbocycles. The smallest absolute Gasteiger partial charge is 0.331 e. The van der Waals surface area contributed by atoms with E-state index in [-0.39, 0.29) is 22.9 Å². The van der Waals surface area contributed by atoms with Crippen LogP contribution >= 0.6 is 0 Å². The third-order valence-electron chi connectivity index (χ3n) is 3.43. The minimum absolute atomic E-state index is 0.0888. The van der Waals surface area contributed by atoms with Crippen LogP contribution in [0.5, 0.6) is 5.75 Å². The maximum Gasteiger partial charge on any atom is 0.331 e. The molecular formula is C12H13N3O3. The number of phenols is 1. The molecule has 1 saturated heterocycles. The zero-order valence-corrected chi connectivity index (χ0v) is 9.88. The van der Waals surface area contributed by atoms with Crippen LogP contribution in [0.25, 0.3) is 10.9 Å². The fraction of sp³-hybridized carbons (Fsp3) is 0.333. The third-order valence-corrected chi connectivity index (χ3v) is 3.43. The van der Waals surface area contributed by atoms with Crippen LogP contribution in [-0.2, 0) is 7.05 Å². The highest BCUT2D eigenvalue weighted by molar-refractivity contribution is 5.84. The summed E-state index contributed by atoms with van der Waals surface area (Å²) >= 11 is 0. The summed E-state index contributed by atoms with van der Waals surface area (Å²) in [6.07, 6.45) is 0. The molecule has 0 bridgehead atoms. The van der Waals surface area contributed by atoms with Crippen molar-refractivity contribution >= 4 is 10.9 Å². The van der Waals surface area contributed by atoms with Gasteiger partial charge in [-0.25, -0.2) is 4.79 Å². The van der Waals surface area contributed by atoms with Gasteiger partial charge in [0.15, 0.2) is 0 Å². The van der Waals surface area contributed by atoms with Gasteiger partial charge in [0.25, 0.3) is 5.56 Å². The molecule has 0 radical (unpaired) electrons. The number of aryl methyl sites for hydroxylation is 1. The molecule has 6 heteroatoms. The molecule has 1 aromatic heterocycles. The average Bonchev–Trinajstić information content (AvgIpc) is 2.29. The van der Waals surface area contributed by atoms with E-state index in [0.29, 0.717) is 18.6 Å². The number of nitrogens with one attached hydrogen (secondary N) is 1. The van der Waals surface area contributed by atoms with Gasteiger partial charge in [0.05, 0.1) is 11.6 Å². The Morgan fingerprint density at radius 1 is 1.33 bits per heavy atom. The van der Waals surface area contributed by atoms with Gasteiger partial charge in [-0.05, 0) is 12.1 Å². The van der Waals surface area contributed by atoms with Gasteiger partial charge >= 0.3 is 5.69 Å². The number of rotatable bonds is 1. The van der Waals surface area contributed by atoms with E-state index < -0.39 is 5.56 Å². The largest absolute Gasteiger partial charge is 0.507 e. The number of hydrogen-bond acceptors (Lipinski definition) is 4. The number of hydrogen-bond donors (Lipinski definition) is 2. The zero-order valence-electron chi connectivity index (χ0n) is 9.88. The van der Waals surface area contributed by atoms with Crippen LogP contribution in [0.1, 0.15) is 6.04 Å². The topological polar surface area (TPSA) is 76.3 Å². The second-order valence-corrected chi connectivity index (χ2v) is 4.50. The summed E-state index contributed by atoms with van der Waals surface area (Å²) in [7, 11) is 1.60. The maximum absolute atomic E-state index is 12.3. The number of phenolic OH excluding ortho intramolecular Hbond substituents is 1. The van der Waals surface area contributed by atoms with Crippen molar-refractivity contribution in [1.82, 2.24) is 14.5 Å². The van der Waals surface area contributed by atoms with Crippen molar-refractivity contribution in [1.29, 1.82) is 0 Å². The Hall–Kier alpha value is -2.08. The minimum Gasteiger partial charge on any atom is -0.507 e. The van der Waals surface area contributed by atoms with E-state index in [9.17, 15) is 14.7 Å². The van der Waals surface area contributed by atoms with Crippen molar-refractivity contribution in [2.75, 3.05) is 13.1 Å². The SMILES string of the molecule is Cn1c(=O)n(C2CNC2)c(=O)c2c(O)cccc21. The highest BCUT2D eigenvalue weighted by atomic mass is 16.3. The van der Waals surface area contributed by atoms with E-state index in [1.165, 1.54) is 15.2 Å². The van der Waals surface area contributed by atoms with Gasteiger partial charge in [-0.1, -0.05) is 6.07 Å². The summed E-state index contributed by atoms with van der Waals surface area (Å²) in [5.41, 5.74) is -0.309. The molecule has 0 saturated carbocycles. The molecule has 2 N–H and O–H groups in total. The second kappa shape index (κ2) is 3.71. The number of aromatic hydroxyl groups is 1. The summed E-state index contributed by atoms with van der Waals surface area (Å²) in [6.45, 7) is 1.21. The van der Waals surface area contributed by atoms with Gasteiger partial charge in [0.2, 0.25) is 0 Å². The highest BCUT2D eigenvalue weighted by Crippen LogP contribution is 2.20. The monoisotopic (exact) mass is 247 g/mol. The van der Waals surface area contributed by atoms with Crippen molar-refractivity contribution in [2.45, 2.75) is 6.04 Å². The molecule has 1 aliphatic heterocycles. The fourth-order valence-electron chi connectivity index (χ4n) is 2.28. The summed E-state index contributed by atoms with van der Waals surface area (Å²) in [4.78, 5) is 24.5. The lowest BCUT2D eigenvalue weighted by atomic mass is 10.1. The predicted molar refractivity (Wildman–Crippen MR) is 67.0 cm³/mol. The van der Waals surface area contributed by atoms with E-state index in [0.717, 1.165) is 0 Å². The van der Waals surface area contributed by atoms with Crippen LogP contribution in [0.3, 0.4) is 0 Å². The molecule has 3 rings (SSSR count). The number of fused-ring (bicyclic) bond motifs is 1. The van der Waals surface area contributed by atoms with Crippen LogP contribution in [0.15, 0.2) is 27.8 Å². The fourth-order valence-corrected chi connectivity index (χ4v) is 2.28. The van der Waals surface area contributed by atoms with E-state index >= 15 is 0 Å². The van der Waals surface area contributed by atoms with Crippen molar-refractivity contribution in [3.8, 4) is 5.75 Å². The van der Waals surface area contributed by atoms with Crippen molar-refractivity contribution in [3.05, 3.63) is 39.0 Å². The first-order valence-electron chi connectivity index (χ1n) is 5.75. The van der Waals surface area contributed by atoms with Gasteiger partial charge in [-0.15, -0.1) is 0 Å². The molecule has 18 heavy (non-hydrogen) atoms. The van der Waals surface area contributed by atoms with Crippen LogP contribution < -0.4 is 16.6 Å². The highest BCUT2D eigenvalue weighted by Gasteiger charge is 2.24. The third kappa shape index (κ3) is 1.32. The Balaban J connectivity index is 2.48. The maximum atomic E-state index is 12.3. The summed E-state index contributed by atoms with van der Waals surface area (Å²) in [6, 6.07) is 4.60. The summed E-state index contributed by atoms with van der Waals surface area (Å²) < 4.78 is 2.62. The molecule has 0 amide bonds. The van der Waals surface area contributed by atoms with E-state index in [2.05, 4.69) is 5.32 Å². The van der Waals surface area contributed by atoms with Crippen LogP contribution in [-0.4, -0.2) is 27.3 Å². The first kappa shape index (κ1) is 11.0. The Kier molecular flexibility index (Phi) is 2.27. The molecule has 2 aromatic rings. The second-order valence-electron chi connectivity index (χ2n) is 4.50. The molecule has 6 nitrogen and oxygen atoms in total. The van der Waals surface area contributed by atoms with Gasteiger partial charge < -0.3 is 10.4 Å². The summed E-state index contributed by atoms with van der Waals surface area (Å²) in [5, 5.41) is 13.0. The molecule has 0 spiro atoms. The Bertz CT molecular complexity index is 741. The first-order valence-corrected chi connectivity index (χ1v) is 5.75. The van der Waals surface area contributed by atoms with Gasteiger partial charge in [0.1, 0.15) is 11.1 Å². The zero-order chi connectivity index (χ0) is 12.9. The average molecular weight is 247 g/mol. The lowest BCUT2D eigenvalue weighted by Crippen LogP contribution is -2.53. The Morgan fingerprint density at radius 2 is 2.06 bits per heavy atom. The van der Waals surface area contributed by atoms with Crippen molar-refractivity contribution in [2.24, 2.45) is 7.05 Å². The van der Waals surface area contributed by atoms with Crippen LogP contribution in [0, 0.1) is 0 Å². The van der Waals surface area contributed by atoms with Gasteiger partial charge in [-0.2, -0.15) is 0 Å². The Labute approximate surface area is 102 Å². The quantitative estimate of drug-likeness (QED) is 0.715. The Morgan fingerprint density at radius 3 is 2.67 bits per heavy atom. The van der Waals surface area contributed by atoms with Crippen LogP contribution in [0.2, 0.25) is 0 Å². The normalized spacial score (nSPS) is 15.8. The van der Waals surface area contributed by atoms with E-state index in [4.69, 9.17) is 0 Å². The molecule has 1 aliphatic rings. The number of nitrogens with zero attached hydrogens (tertiary/aromatic N) is 2. The first-order chi connectivity index (χ1) is 8.61. The molecule has 0 atom stereocenters. The van der Waals surface area contributed by atoms with E-state index in [1.807, 2.05) is 0 Å². The van der Waals surface area contributed by atoms with Gasteiger partial charge in [-0.3, -0.25) is 13.9 Å². The lowest BCUT2D eigenvalue weighted by molar-refractivity contribution is 0.322. The molecule has 2 heterocycles. The van der Waals surface area contributed by atoms with Gasteiger partial charge in [0, 0.05) is 20.1 Å². The van der Waals surface area contributed by atoms with Crippen molar-refractivity contribution in [3.63, 3.8) is 0 Å². The standard InChI is InChI=1S/C12H13N3O3/c1-14-8-3-2-4-9(16)10(8)11(17)15(12(14)18)7-5-13-6-7/h2-4,7,13,16H,5-6H2,1H3. The number of aromatic nitrogens is 2. The minimum atomic E-state index is -0.419. The molecule has 1 fully saturated rings. The van der Waals surface area contributed by atoms with Crippen molar-refractivity contribution < 1.29 is 5.11 Å². The predicted octanol–water partition coefficient (Wildman–Crippen LogP) is -0.450. The molecule has 94 valence electrons. The molecule has 0 unspecified atom stereocenters. The molecule has 0 aliphatic carbocycles. The lowest BCUT2D eigenvalue weighted by Gasteiger charge is -2.28. The molecular weight excluding hydrogens is 234 g/mol.